The number of hydrazine groups is 1. The largest absolute Gasteiger partial charge is 0.494 e. The van der Waals surface area contributed by atoms with Gasteiger partial charge in [-0.25, -0.2) is 0 Å². The Morgan fingerprint density at radius 1 is 1.04 bits per heavy atom. The van der Waals surface area contributed by atoms with Gasteiger partial charge in [0.25, 0.3) is 5.91 Å². The highest BCUT2D eigenvalue weighted by molar-refractivity contribution is 7.14. The number of carbonyl (C=O) groups excluding carboxylic acids is 3. The first-order valence-electron chi connectivity index (χ1n) is 8.89. The van der Waals surface area contributed by atoms with Crippen LogP contribution in [0, 0.1) is 6.92 Å². The second-order valence-corrected chi connectivity index (χ2v) is 7.09. The SMILES string of the molecule is CCOc1ccc(C(=O)CCC(=O)NNC(=O)c2cc(C)c(CC)s2)cc1. The van der Waals surface area contributed by atoms with Crippen molar-refractivity contribution in [1.82, 2.24) is 10.9 Å². The molecule has 0 unspecified atom stereocenters. The van der Waals surface area contributed by atoms with Crippen molar-refractivity contribution in [1.29, 1.82) is 0 Å². The Balaban J connectivity index is 1.78. The number of ketones is 1. The summed E-state index contributed by atoms with van der Waals surface area (Å²) in [5.41, 5.74) is 6.34. The van der Waals surface area contributed by atoms with Gasteiger partial charge in [0.2, 0.25) is 5.91 Å². The van der Waals surface area contributed by atoms with Crippen LogP contribution in [0.2, 0.25) is 0 Å². The molecule has 144 valence electrons. The fraction of sp³-hybridized carbons (Fsp3) is 0.350. The highest BCUT2D eigenvalue weighted by atomic mass is 32.1. The van der Waals surface area contributed by atoms with E-state index in [1.165, 1.54) is 11.3 Å². The summed E-state index contributed by atoms with van der Waals surface area (Å²) in [5.74, 6) is -0.203. The molecule has 0 bridgehead atoms. The van der Waals surface area contributed by atoms with Crippen LogP contribution in [0.4, 0.5) is 0 Å². The normalized spacial score (nSPS) is 10.3. The van der Waals surface area contributed by atoms with Gasteiger partial charge >= 0.3 is 0 Å². The Kier molecular flexibility index (Phi) is 7.55. The maximum atomic E-state index is 12.1. The predicted molar refractivity (Wildman–Crippen MR) is 105 cm³/mol. The summed E-state index contributed by atoms with van der Waals surface area (Å²) in [5, 5.41) is 0. The molecule has 6 nitrogen and oxygen atoms in total. The summed E-state index contributed by atoms with van der Waals surface area (Å²) in [6.07, 6.45) is 0.924. The van der Waals surface area contributed by atoms with Gasteiger partial charge in [-0.2, -0.15) is 0 Å². The van der Waals surface area contributed by atoms with Crippen molar-refractivity contribution in [2.45, 2.75) is 40.0 Å². The fourth-order valence-electron chi connectivity index (χ4n) is 2.51. The van der Waals surface area contributed by atoms with E-state index in [4.69, 9.17) is 4.74 Å². The number of amides is 2. The number of carbonyl (C=O) groups is 3. The van der Waals surface area contributed by atoms with Crippen LogP contribution in [-0.4, -0.2) is 24.2 Å². The summed E-state index contributed by atoms with van der Waals surface area (Å²) >= 11 is 1.41. The zero-order chi connectivity index (χ0) is 19.8. The van der Waals surface area contributed by atoms with Gasteiger partial charge in [0.05, 0.1) is 11.5 Å². The zero-order valence-electron chi connectivity index (χ0n) is 15.8. The van der Waals surface area contributed by atoms with Gasteiger partial charge in [-0.05, 0) is 56.2 Å². The lowest BCUT2D eigenvalue weighted by Gasteiger charge is -2.07. The van der Waals surface area contributed by atoms with Crippen molar-refractivity contribution in [2.75, 3.05) is 6.61 Å². The first-order valence-corrected chi connectivity index (χ1v) is 9.70. The molecule has 2 N–H and O–H groups in total. The molecule has 2 aromatic rings. The molecule has 0 saturated heterocycles. The van der Waals surface area contributed by atoms with Crippen molar-refractivity contribution in [3.63, 3.8) is 0 Å². The number of hydrogen-bond acceptors (Lipinski definition) is 5. The summed E-state index contributed by atoms with van der Waals surface area (Å²) in [6.45, 7) is 6.43. The Morgan fingerprint density at radius 3 is 2.33 bits per heavy atom. The number of hydrogen-bond donors (Lipinski definition) is 2. The van der Waals surface area contributed by atoms with E-state index >= 15 is 0 Å². The molecule has 0 atom stereocenters. The number of rotatable bonds is 8. The first-order chi connectivity index (χ1) is 12.9. The summed E-state index contributed by atoms with van der Waals surface area (Å²) in [7, 11) is 0. The van der Waals surface area contributed by atoms with Gasteiger partial charge in [-0.1, -0.05) is 6.92 Å². The number of aryl methyl sites for hydroxylation is 2. The molecular weight excluding hydrogens is 364 g/mol. The quantitative estimate of drug-likeness (QED) is 0.536. The van der Waals surface area contributed by atoms with E-state index in [1.807, 2.05) is 20.8 Å². The van der Waals surface area contributed by atoms with E-state index in [-0.39, 0.29) is 24.5 Å². The standard InChI is InChI=1S/C20H24N2O4S/c1-4-17-13(3)12-18(27-17)20(25)22-21-19(24)11-10-16(23)14-6-8-15(9-7-14)26-5-2/h6-9,12H,4-5,10-11H2,1-3H3,(H,21,24)(H,22,25). The van der Waals surface area contributed by atoms with Crippen LogP contribution in [0.5, 0.6) is 5.75 Å². The molecule has 0 aliphatic rings. The molecule has 1 aromatic heterocycles. The van der Waals surface area contributed by atoms with E-state index in [0.717, 1.165) is 16.9 Å². The average Bonchev–Trinajstić information content (AvgIpc) is 3.06. The third-order valence-corrected chi connectivity index (χ3v) is 5.33. The lowest BCUT2D eigenvalue weighted by atomic mass is 10.1. The predicted octanol–water partition coefficient (Wildman–Crippen LogP) is 3.44. The van der Waals surface area contributed by atoms with Crippen LogP contribution in [0.25, 0.3) is 0 Å². The molecule has 2 rings (SSSR count). The van der Waals surface area contributed by atoms with E-state index < -0.39 is 5.91 Å². The molecule has 0 radical (unpaired) electrons. The first kappa shape index (κ1) is 20.6. The summed E-state index contributed by atoms with van der Waals surface area (Å²) in [6, 6.07) is 8.62. The minimum atomic E-state index is -0.411. The number of Topliss-reactive ketones (excluding diaryl/α,β-unsaturated/α-hetero) is 1. The van der Waals surface area contributed by atoms with Crippen LogP contribution < -0.4 is 15.6 Å². The number of nitrogens with one attached hydrogen (secondary N) is 2. The van der Waals surface area contributed by atoms with Crippen LogP contribution in [0.15, 0.2) is 30.3 Å². The molecule has 0 fully saturated rings. The van der Waals surface area contributed by atoms with Crippen molar-refractivity contribution >= 4 is 28.9 Å². The lowest BCUT2D eigenvalue weighted by Crippen LogP contribution is -2.41. The number of benzene rings is 1. The van der Waals surface area contributed by atoms with Crippen LogP contribution in [0.3, 0.4) is 0 Å². The van der Waals surface area contributed by atoms with Gasteiger partial charge in [0, 0.05) is 23.3 Å². The van der Waals surface area contributed by atoms with Crippen LogP contribution >= 0.6 is 11.3 Å². The molecular formula is C20H24N2O4S. The Morgan fingerprint density at radius 2 is 1.74 bits per heavy atom. The van der Waals surface area contributed by atoms with Crippen molar-refractivity contribution in [3.05, 3.63) is 51.2 Å². The van der Waals surface area contributed by atoms with E-state index in [2.05, 4.69) is 10.9 Å². The highest BCUT2D eigenvalue weighted by Crippen LogP contribution is 2.22. The Bertz CT molecular complexity index is 812. The van der Waals surface area contributed by atoms with Gasteiger partial charge < -0.3 is 4.74 Å². The van der Waals surface area contributed by atoms with Gasteiger partial charge in [0.15, 0.2) is 5.78 Å². The minimum absolute atomic E-state index is 0.00397. The molecule has 2 amide bonds. The zero-order valence-corrected chi connectivity index (χ0v) is 16.6. The highest BCUT2D eigenvalue weighted by Gasteiger charge is 2.13. The molecule has 0 aliphatic carbocycles. The smallest absolute Gasteiger partial charge is 0.279 e. The van der Waals surface area contributed by atoms with Crippen molar-refractivity contribution in [3.8, 4) is 5.75 Å². The molecule has 7 heteroatoms. The molecule has 1 heterocycles. The van der Waals surface area contributed by atoms with Gasteiger partial charge in [-0.3, -0.25) is 25.2 Å². The molecule has 0 spiro atoms. The Hall–Kier alpha value is -2.67. The minimum Gasteiger partial charge on any atom is -0.494 e. The third-order valence-electron chi connectivity index (χ3n) is 3.95. The van der Waals surface area contributed by atoms with Crippen molar-refractivity contribution in [2.24, 2.45) is 0 Å². The van der Waals surface area contributed by atoms with E-state index in [9.17, 15) is 14.4 Å². The van der Waals surface area contributed by atoms with Crippen LogP contribution in [-0.2, 0) is 11.2 Å². The number of thiophene rings is 1. The van der Waals surface area contributed by atoms with Crippen molar-refractivity contribution < 1.29 is 19.1 Å². The second kappa shape index (κ2) is 9.87. The topological polar surface area (TPSA) is 84.5 Å². The Labute approximate surface area is 162 Å². The summed E-state index contributed by atoms with van der Waals surface area (Å²) in [4.78, 5) is 37.8. The lowest BCUT2D eigenvalue weighted by molar-refractivity contribution is -0.121. The third kappa shape index (κ3) is 5.92. The average molecular weight is 388 g/mol. The van der Waals surface area contributed by atoms with E-state index in [1.54, 1.807) is 30.3 Å². The molecule has 0 saturated carbocycles. The van der Waals surface area contributed by atoms with E-state index in [0.29, 0.717) is 22.8 Å². The van der Waals surface area contributed by atoms with Gasteiger partial charge in [-0.15, -0.1) is 11.3 Å². The fourth-order valence-corrected chi connectivity index (χ4v) is 3.52. The molecule has 0 aliphatic heterocycles. The maximum Gasteiger partial charge on any atom is 0.279 e. The monoisotopic (exact) mass is 388 g/mol. The maximum absolute atomic E-state index is 12.1. The summed E-state index contributed by atoms with van der Waals surface area (Å²) < 4.78 is 5.33. The van der Waals surface area contributed by atoms with Crippen LogP contribution in [0.1, 0.15) is 57.2 Å². The number of ether oxygens (including phenoxy) is 1. The molecule has 27 heavy (non-hydrogen) atoms. The van der Waals surface area contributed by atoms with Gasteiger partial charge in [0.1, 0.15) is 5.75 Å². The second-order valence-electron chi connectivity index (χ2n) is 5.95. The molecule has 1 aromatic carbocycles.